The fraction of sp³-hybridized carbons (Fsp3) is 0.294. The lowest BCUT2D eigenvalue weighted by Crippen LogP contribution is -2.27. The van der Waals surface area contributed by atoms with Gasteiger partial charge in [-0.1, -0.05) is 41.9 Å². The van der Waals surface area contributed by atoms with Crippen LogP contribution >= 0.6 is 11.6 Å². The molecule has 0 radical (unpaired) electrons. The van der Waals surface area contributed by atoms with Crippen molar-refractivity contribution < 1.29 is 13.2 Å². The fourth-order valence-electron chi connectivity index (χ4n) is 2.22. The third kappa shape index (κ3) is 4.25. The predicted octanol–water partition coefficient (Wildman–Crippen LogP) is 4.09. The number of hydrogen-bond donors (Lipinski definition) is 1. The summed E-state index contributed by atoms with van der Waals surface area (Å²) in [6, 6.07) is 12.1. The molecule has 0 saturated heterocycles. The maximum absolute atomic E-state index is 12.7. The van der Waals surface area contributed by atoms with E-state index in [1.54, 1.807) is 26.8 Å². The molecule has 0 aromatic heterocycles. The molecule has 4 nitrogen and oxygen atoms in total. The van der Waals surface area contributed by atoms with Crippen LogP contribution in [-0.4, -0.2) is 15.0 Å². The van der Waals surface area contributed by atoms with Crippen LogP contribution in [0.3, 0.4) is 0 Å². The molecule has 2 rings (SSSR count). The van der Waals surface area contributed by atoms with Crippen LogP contribution in [0.5, 0.6) is 5.75 Å². The molecule has 0 aliphatic rings. The van der Waals surface area contributed by atoms with Gasteiger partial charge in [-0.3, -0.25) is 0 Å². The standard InChI is InChI=1S/C17H20ClNO3S/c1-4-22-16-10-12(2)15(18)11-17(16)23(20,21)19-13(3)14-8-6-5-7-9-14/h5-11,13,19H,4H2,1-3H3/t13-/m1/s1. The van der Waals surface area contributed by atoms with Gasteiger partial charge in [0.15, 0.2) is 0 Å². The van der Waals surface area contributed by atoms with Crippen LogP contribution in [0.25, 0.3) is 0 Å². The number of aryl methyl sites for hydroxylation is 1. The van der Waals surface area contributed by atoms with Crippen molar-refractivity contribution in [3.8, 4) is 5.75 Å². The molecule has 0 saturated carbocycles. The second kappa shape index (κ2) is 7.34. The molecule has 0 fully saturated rings. The average Bonchev–Trinajstić information content (AvgIpc) is 2.51. The van der Waals surface area contributed by atoms with Gasteiger partial charge in [-0.05, 0) is 44.0 Å². The SMILES string of the molecule is CCOc1cc(C)c(Cl)cc1S(=O)(=O)N[C@H](C)c1ccccc1. The number of ether oxygens (including phenoxy) is 1. The van der Waals surface area contributed by atoms with E-state index in [-0.39, 0.29) is 10.9 Å². The first-order valence-electron chi connectivity index (χ1n) is 7.35. The summed E-state index contributed by atoms with van der Waals surface area (Å²) >= 11 is 6.10. The number of halogens is 1. The maximum Gasteiger partial charge on any atom is 0.244 e. The Balaban J connectivity index is 2.37. The largest absolute Gasteiger partial charge is 0.492 e. The summed E-state index contributed by atoms with van der Waals surface area (Å²) in [5.74, 6) is 0.308. The Hall–Kier alpha value is -1.56. The summed E-state index contributed by atoms with van der Waals surface area (Å²) in [5, 5.41) is 0.390. The molecule has 1 atom stereocenters. The van der Waals surface area contributed by atoms with Crippen LogP contribution in [0.1, 0.15) is 31.0 Å². The van der Waals surface area contributed by atoms with Crippen molar-refractivity contribution >= 4 is 21.6 Å². The highest BCUT2D eigenvalue weighted by molar-refractivity contribution is 7.89. The van der Waals surface area contributed by atoms with Crippen molar-refractivity contribution in [3.05, 3.63) is 58.6 Å². The average molecular weight is 354 g/mol. The lowest BCUT2D eigenvalue weighted by Gasteiger charge is -2.17. The van der Waals surface area contributed by atoms with Gasteiger partial charge in [0.2, 0.25) is 10.0 Å². The molecular formula is C17H20ClNO3S. The molecule has 6 heteroatoms. The van der Waals surface area contributed by atoms with E-state index in [0.29, 0.717) is 17.4 Å². The fourth-order valence-corrected chi connectivity index (χ4v) is 3.83. The number of rotatable bonds is 6. The molecule has 0 aliphatic heterocycles. The van der Waals surface area contributed by atoms with Crippen LogP contribution < -0.4 is 9.46 Å². The predicted molar refractivity (Wildman–Crippen MR) is 92.5 cm³/mol. The van der Waals surface area contributed by atoms with Crippen LogP contribution in [0, 0.1) is 6.92 Å². The molecular weight excluding hydrogens is 334 g/mol. The molecule has 0 unspecified atom stereocenters. The van der Waals surface area contributed by atoms with Gasteiger partial charge in [0.1, 0.15) is 10.6 Å². The second-order valence-electron chi connectivity index (χ2n) is 5.23. The van der Waals surface area contributed by atoms with Gasteiger partial charge in [0.05, 0.1) is 6.61 Å². The highest BCUT2D eigenvalue weighted by atomic mass is 35.5. The van der Waals surface area contributed by atoms with E-state index in [4.69, 9.17) is 16.3 Å². The Morgan fingerprint density at radius 1 is 1.22 bits per heavy atom. The Bertz CT molecular complexity index is 776. The van der Waals surface area contributed by atoms with Crippen molar-refractivity contribution in [2.24, 2.45) is 0 Å². The minimum Gasteiger partial charge on any atom is -0.492 e. The van der Waals surface area contributed by atoms with Crippen LogP contribution in [0.15, 0.2) is 47.4 Å². The minimum atomic E-state index is -3.76. The van der Waals surface area contributed by atoms with Crippen LogP contribution in [0.4, 0.5) is 0 Å². The zero-order chi connectivity index (χ0) is 17.0. The zero-order valence-electron chi connectivity index (χ0n) is 13.3. The zero-order valence-corrected chi connectivity index (χ0v) is 14.9. The Morgan fingerprint density at radius 2 is 1.87 bits per heavy atom. The lowest BCUT2D eigenvalue weighted by atomic mass is 10.1. The summed E-state index contributed by atoms with van der Waals surface area (Å²) in [6.45, 7) is 5.78. The first-order chi connectivity index (χ1) is 10.8. The lowest BCUT2D eigenvalue weighted by molar-refractivity contribution is 0.330. The second-order valence-corrected chi connectivity index (χ2v) is 7.32. The summed E-state index contributed by atoms with van der Waals surface area (Å²) in [5.41, 5.74) is 1.65. The quantitative estimate of drug-likeness (QED) is 0.851. The van der Waals surface area contributed by atoms with E-state index >= 15 is 0 Å². The molecule has 23 heavy (non-hydrogen) atoms. The van der Waals surface area contributed by atoms with Gasteiger partial charge >= 0.3 is 0 Å². The monoisotopic (exact) mass is 353 g/mol. The highest BCUT2D eigenvalue weighted by Crippen LogP contribution is 2.31. The van der Waals surface area contributed by atoms with Crippen LogP contribution in [0.2, 0.25) is 5.02 Å². The van der Waals surface area contributed by atoms with Gasteiger partial charge in [-0.15, -0.1) is 0 Å². The van der Waals surface area contributed by atoms with Gasteiger partial charge in [0, 0.05) is 11.1 Å². The Morgan fingerprint density at radius 3 is 2.48 bits per heavy atom. The van der Waals surface area contributed by atoms with E-state index in [1.807, 2.05) is 30.3 Å². The molecule has 0 amide bonds. The van der Waals surface area contributed by atoms with E-state index in [1.165, 1.54) is 6.07 Å². The molecule has 0 bridgehead atoms. The number of benzene rings is 2. The van der Waals surface area contributed by atoms with Crippen molar-refractivity contribution in [2.75, 3.05) is 6.61 Å². The van der Waals surface area contributed by atoms with Crippen molar-refractivity contribution in [2.45, 2.75) is 31.7 Å². The van der Waals surface area contributed by atoms with Gasteiger partial charge in [-0.2, -0.15) is 0 Å². The normalized spacial score (nSPS) is 12.9. The van der Waals surface area contributed by atoms with Crippen molar-refractivity contribution in [1.82, 2.24) is 4.72 Å². The molecule has 2 aromatic carbocycles. The van der Waals surface area contributed by atoms with E-state index < -0.39 is 10.0 Å². The minimum absolute atomic E-state index is 0.0535. The van der Waals surface area contributed by atoms with Crippen LogP contribution in [-0.2, 0) is 10.0 Å². The van der Waals surface area contributed by atoms with Crippen molar-refractivity contribution in [3.63, 3.8) is 0 Å². The first kappa shape index (κ1) is 17.8. The molecule has 0 heterocycles. The molecule has 0 spiro atoms. The highest BCUT2D eigenvalue weighted by Gasteiger charge is 2.23. The Kier molecular flexibility index (Phi) is 5.68. The first-order valence-corrected chi connectivity index (χ1v) is 9.21. The molecule has 1 N–H and O–H groups in total. The summed E-state index contributed by atoms with van der Waals surface area (Å²) in [7, 11) is -3.76. The number of hydrogen-bond acceptors (Lipinski definition) is 3. The molecule has 124 valence electrons. The maximum atomic E-state index is 12.7. The topological polar surface area (TPSA) is 55.4 Å². The summed E-state index contributed by atoms with van der Waals surface area (Å²) < 4.78 is 33.6. The van der Waals surface area contributed by atoms with Gasteiger partial charge in [0.25, 0.3) is 0 Å². The van der Waals surface area contributed by atoms with E-state index in [0.717, 1.165) is 11.1 Å². The van der Waals surface area contributed by atoms with Crippen molar-refractivity contribution in [1.29, 1.82) is 0 Å². The smallest absolute Gasteiger partial charge is 0.244 e. The summed E-state index contributed by atoms with van der Waals surface area (Å²) in [4.78, 5) is 0.0535. The molecule has 2 aromatic rings. The number of sulfonamides is 1. The molecule has 0 aliphatic carbocycles. The third-order valence-electron chi connectivity index (χ3n) is 3.45. The van der Waals surface area contributed by atoms with E-state index in [2.05, 4.69) is 4.72 Å². The Labute approximate surface area is 142 Å². The number of nitrogens with one attached hydrogen (secondary N) is 1. The summed E-state index contributed by atoms with van der Waals surface area (Å²) in [6.07, 6.45) is 0. The third-order valence-corrected chi connectivity index (χ3v) is 5.41. The van der Waals surface area contributed by atoms with E-state index in [9.17, 15) is 8.42 Å². The van der Waals surface area contributed by atoms with Gasteiger partial charge < -0.3 is 4.74 Å². The van der Waals surface area contributed by atoms with Gasteiger partial charge in [-0.25, -0.2) is 13.1 Å².